The van der Waals surface area contributed by atoms with Crippen molar-refractivity contribution in [3.63, 3.8) is 0 Å². The van der Waals surface area contributed by atoms with Crippen LogP contribution in [0.2, 0.25) is 0 Å². The van der Waals surface area contributed by atoms with Crippen molar-refractivity contribution in [3.8, 4) is 17.2 Å². The van der Waals surface area contributed by atoms with E-state index in [0.717, 1.165) is 0 Å². The van der Waals surface area contributed by atoms with Crippen LogP contribution in [-0.2, 0) is 0 Å². The topological polar surface area (TPSA) is 39.7 Å². The van der Waals surface area contributed by atoms with Gasteiger partial charge < -0.3 is 19.5 Å². The number of ether oxygens (including phenoxy) is 3. The van der Waals surface area contributed by atoms with E-state index in [4.69, 9.17) is 27.9 Å². The Morgan fingerprint density at radius 1 is 1.25 bits per heavy atom. The Labute approximate surface area is 154 Å². The van der Waals surface area contributed by atoms with Gasteiger partial charge >= 0.3 is 0 Å². The average Bonchev–Trinajstić information content (AvgIpc) is 3.02. The molecule has 5 heteroatoms. The summed E-state index contributed by atoms with van der Waals surface area (Å²) in [6.07, 6.45) is -0.413. The molecule has 2 aromatic carbocycles. The number of hydrogen-bond donors (Lipinski definition) is 1. The van der Waals surface area contributed by atoms with Gasteiger partial charge in [0.05, 0.1) is 12.1 Å². The van der Waals surface area contributed by atoms with Crippen molar-refractivity contribution in [1.82, 2.24) is 5.32 Å². The second-order valence-corrected chi connectivity index (χ2v) is 5.30. The summed E-state index contributed by atoms with van der Waals surface area (Å²) in [4.78, 5) is 0. The monoisotopic (exact) mass is 339 g/mol. The Morgan fingerprint density at radius 3 is 2.96 bits per heavy atom. The van der Waals surface area contributed by atoms with Crippen molar-refractivity contribution < 1.29 is 32.3 Å². The van der Waals surface area contributed by atoms with Gasteiger partial charge in [-0.3, -0.25) is 0 Å². The lowest BCUT2D eigenvalue weighted by Gasteiger charge is -2.32. The van der Waals surface area contributed by atoms with Crippen LogP contribution in [0.5, 0.6) is 17.2 Å². The molecule has 0 amide bonds. The number of piperidine rings is 1. The van der Waals surface area contributed by atoms with Gasteiger partial charge in [0.15, 0.2) is 11.5 Å². The molecule has 0 saturated carbocycles. The van der Waals surface area contributed by atoms with Gasteiger partial charge in [-0.15, -0.1) is 0 Å². The van der Waals surface area contributed by atoms with E-state index < -0.39 is 68.0 Å². The molecule has 0 spiro atoms. The van der Waals surface area contributed by atoms with Gasteiger partial charge in [-0.2, -0.15) is 0 Å². The van der Waals surface area contributed by atoms with E-state index in [1.54, 1.807) is 0 Å². The highest BCUT2D eigenvalue weighted by molar-refractivity contribution is 5.46. The van der Waals surface area contributed by atoms with Crippen molar-refractivity contribution in [1.29, 1.82) is 0 Å². The van der Waals surface area contributed by atoms with Crippen LogP contribution in [0.15, 0.2) is 42.4 Å². The Kier molecular flexibility index (Phi) is 2.16. The van der Waals surface area contributed by atoms with Gasteiger partial charge in [-0.25, -0.2) is 4.39 Å². The minimum absolute atomic E-state index is 0.0679. The van der Waals surface area contributed by atoms with Crippen molar-refractivity contribution >= 4 is 0 Å². The Balaban J connectivity index is 1.69. The summed E-state index contributed by atoms with van der Waals surface area (Å²) in [7, 11) is 0. The SMILES string of the molecule is [2H]c1c([2H])c([C@@H]2CC([2H])([2H])NC([2H])([2H])C2COc2ccc3c(c2)OC([2H])([2H])O3)c([2H])c([2H])c1F. The predicted molar refractivity (Wildman–Crippen MR) is 88.2 cm³/mol. The van der Waals surface area contributed by atoms with Crippen molar-refractivity contribution in [2.75, 3.05) is 26.3 Å². The van der Waals surface area contributed by atoms with Gasteiger partial charge in [-0.1, -0.05) is 12.1 Å². The lowest BCUT2D eigenvalue weighted by atomic mass is 9.81. The lowest BCUT2D eigenvalue weighted by molar-refractivity contribution is 0.173. The molecule has 2 aromatic rings. The summed E-state index contributed by atoms with van der Waals surface area (Å²) >= 11 is 0. The summed E-state index contributed by atoms with van der Waals surface area (Å²) in [5.74, 6) is -3.35. The summed E-state index contributed by atoms with van der Waals surface area (Å²) in [6.45, 7) is -7.39. The number of hydrogen-bond acceptors (Lipinski definition) is 4. The van der Waals surface area contributed by atoms with Crippen LogP contribution >= 0.6 is 0 Å². The number of rotatable bonds is 4. The van der Waals surface area contributed by atoms with Crippen LogP contribution in [0.25, 0.3) is 0 Å². The van der Waals surface area contributed by atoms with Gasteiger partial charge in [0, 0.05) is 24.0 Å². The first-order valence-electron chi connectivity index (χ1n) is 12.3. The van der Waals surface area contributed by atoms with Gasteiger partial charge in [0.1, 0.15) is 14.3 Å². The fraction of sp³-hybridized carbons (Fsp3) is 0.368. The van der Waals surface area contributed by atoms with Crippen molar-refractivity contribution in [2.45, 2.75) is 12.3 Å². The molecule has 2 atom stereocenters. The maximum Gasteiger partial charge on any atom is 0.231 e. The number of halogens is 1. The molecule has 0 bridgehead atoms. The van der Waals surface area contributed by atoms with Crippen molar-refractivity contribution in [2.24, 2.45) is 5.92 Å². The zero-order valence-corrected chi connectivity index (χ0v) is 12.4. The van der Waals surface area contributed by atoms with E-state index >= 15 is 0 Å². The summed E-state index contributed by atoms with van der Waals surface area (Å²) in [5, 5.41) is 2.25. The molecule has 0 aromatic heterocycles. The van der Waals surface area contributed by atoms with Crippen molar-refractivity contribution in [3.05, 3.63) is 53.7 Å². The first kappa shape index (κ1) is 7.74. The number of fused-ring (bicyclic) bond motifs is 1. The minimum atomic E-state index is -2.40. The fourth-order valence-corrected chi connectivity index (χ4v) is 2.54. The Morgan fingerprint density at radius 2 is 2.08 bits per heavy atom. The second-order valence-electron chi connectivity index (χ2n) is 5.30. The summed E-state index contributed by atoms with van der Waals surface area (Å²) in [6, 6.07) is 0.952. The fourth-order valence-electron chi connectivity index (χ4n) is 2.54. The van der Waals surface area contributed by atoms with Gasteiger partial charge in [-0.05, 0) is 48.6 Å². The van der Waals surface area contributed by atoms with E-state index in [9.17, 15) is 4.39 Å². The smallest absolute Gasteiger partial charge is 0.231 e. The van der Waals surface area contributed by atoms with Crippen LogP contribution in [0.1, 0.15) is 31.6 Å². The quantitative estimate of drug-likeness (QED) is 0.927. The van der Waals surface area contributed by atoms with Gasteiger partial charge in [0.2, 0.25) is 6.75 Å². The summed E-state index contributed by atoms with van der Waals surface area (Å²) in [5.41, 5.74) is -0.293. The largest absolute Gasteiger partial charge is 0.493 e. The highest BCUT2D eigenvalue weighted by Gasteiger charge is 2.27. The summed E-state index contributed by atoms with van der Waals surface area (Å²) < 4.78 is 110. The third-order valence-electron chi connectivity index (χ3n) is 3.79. The molecule has 2 aliphatic heterocycles. The molecule has 1 saturated heterocycles. The molecule has 24 heavy (non-hydrogen) atoms. The number of nitrogens with one attached hydrogen (secondary N) is 1. The molecule has 0 radical (unpaired) electrons. The standard InChI is InChI=1S/C19H20FNO3/c20-15-3-1-13(2-4-15)17-7-8-21-10-14(17)11-22-16-5-6-18-19(9-16)24-12-23-18/h1-6,9,14,17,21H,7-8,10-12H2/t14?,17-/m0/s1/i1D,2D,3D,4D,8D2,10D2,12D2. The second kappa shape index (κ2) is 6.69. The third kappa shape index (κ3) is 3.17. The first-order chi connectivity index (χ1) is 15.6. The molecule has 2 aliphatic rings. The van der Waals surface area contributed by atoms with E-state index in [2.05, 4.69) is 5.32 Å². The number of benzene rings is 2. The molecular weight excluding hydrogens is 309 g/mol. The van der Waals surface area contributed by atoms with E-state index in [1.807, 2.05) is 0 Å². The van der Waals surface area contributed by atoms with E-state index in [0.29, 0.717) is 0 Å². The average molecular weight is 339 g/mol. The Hall–Kier alpha value is -2.27. The van der Waals surface area contributed by atoms with E-state index in [-0.39, 0.29) is 29.4 Å². The lowest BCUT2D eigenvalue weighted by Crippen LogP contribution is -2.38. The predicted octanol–water partition coefficient (Wildman–Crippen LogP) is 3.33. The highest BCUT2D eigenvalue weighted by Crippen LogP contribution is 2.36. The molecule has 1 fully saturated rings. The van der Waals surface area contributed by atoms with Crippen LogP contribution in [0, 0.1) is 11.7 Å². The molecule has 1 N–H and O–H groups in total. The highest BCUT2D eigenvalue weighted by atomic mass is 19.1. The van der Waals surface area contributed by atoms with Crippen LogP contribution in [-0.4, -0.2) is 26.3 Å². The maximum atomic E-state index is 14.1. The molecule has 1 unspecified atom stereocenters. The molecule has 4 nitrogen and oxygen atoms in total. The molecule has 2 heterocycles. The third-order valence-corrected chi connectivity index (χ3v) is 3.79. The molecular formula is C19H20FNO3. The van der Waals surface area contributed by atoms with Crippen LogP contribution in [0.4, 0.5) is 4.39 Å². The minimum Gasteiger partial charge on any atom is -0.493 e. The zero-order valence-electron chi connectivity index (χ0n) is 22.4. The molecule has 0 aliphatic carbocycles. The van der Waals surface area contributed by atoms with Gasteiger partial charge in [0.25, 0.3) is 0 Å². The zero-order chi connectivity index (χ0) is 25.2. The molecule has 4 rings (SSSR count). The molecule has 126 valence electrons. The van der Waals surface area contributed by atoms with E-state index in [1.165, 1.54) is 18.2 Å². The normalized spacial score (nSPS) is 34.7. The first-order valence-corrected chi connectivity index (χ1v) is 7.32. The Bertz CT molecular complexity index is 1120. The van der Waals surface area contributed by atoms with Crippen LogP contribution in [0.3, 0.4) is 0 Å². The maximum absolute atomic E-state index is 14.1. The van der Waals surface area contributed by atoms with Crippen LogP contribution < -0.4 is 19.5 Å².